The number of hydrogen-bond donors (Lipinski definition) is 2. The van der Waals surface area contributed by atoms with Gasteiger partial charge in [0.05, 0.1) is 13.4 Å². The zero-order valence-electron chi connectivity index (χ0n) is 14.8. The van der Waals surface area contributed by atoms with Crippen molar-refractivity contribution in [1.82, 2.24) is 10.6 Å². The van der Waals surface area contributed by atoms with Crippen LogP contribution in [-0.4, -0.2) is 32.7 Å². The first-order valence-corrected chi connectivity index (χ1v) is 8.41. The van der Waals surface area contributed by atoms with E-state index in [-0.39, 0.29) is 0 Å². The van der Waals surface area contributed by atoms with Gasteiger partial charge < -0.3 is 19.8 Å². The fraction of sp³-hybridized carbons (Fsp3) is 0.421. The molecule has 1 aromatic carbocycles. The number of ether oxygens (including phenoxy) is 1. The number of guanidine groups is 1. The molecule has 0 aliphatic rings. The van der Waals surface area contributed by atoms with Gasteiger partial charge in [0.15, 0.2) is 5.96 Å². The van der Waals surface area contributed by atoms with Crippen LogP contribution in [0.15, 0.2) is 46.0 Å². The Morgan fingerprint density at radius 3 is 2.79 bits per heavy atom. The Bertz CT molecular complexity index is 636. The molecule has 2 rings (SSSR count). The van der Waals surface area contributed by atoms with Crippen LogP contribution in [0.5, 0.6) is 5.75 Å². The third kappa shape index (κ3) is 5.65. The number of benzene rings is 1. The molecule has 0 atom stereocenters. The zero-order valence-corrected chi connectivity index (χ0v) is 14.8. The van der Waals surface area contributed by atoms with Gasteiger partial charge >= 0.3 is 0 Å². The van der Waals surface area contributed by atoms with Gasteiger partial charge in [-0.3, -0.25) is 4.99 Å². The van der Waals surface area contributed by atoms with Gasteiger partial charge in [-0.05, 0) is 49.6 Å². The van der Waals surface area contributed by atoms with E-state index >= 15 is 0 Å². The second-order valence-corrected chi connectivity index (χ2v) is 5.57. The normalized spacial score (nSPS) is 11.4. The summed E-state index contributed by atoms with van der Waals surface area (Å²) < 4.78 is 10.7. The first-order chi connectivity index (χ1) is 11.7. The fourth-order valence-electron chi connectivity index (χ4n) is 2.42. The summed E-state index contributed by atoms with van der Waals surface area (Å²) in [6.07, 6.45) is 3.41. The predicted molar refractivity (Wildman–Crippen MR) is 97.8 cm³/mol. The second-order valence-electron chi connectivity index (χ2n) is 5.57. The maximum atomic E-state index is 5.37. The molecule has 0 amide bonds. The van der Waals surface area contributed by atoms with Crippen LogP contribution in [0.1, 0.15) is 23.8 Å². The van der Waals surface area contributed by atoms with Gasteiger partial charge in [0.25, 0.3) is 0 Å². The zero-order chi connectivity index (χ0) is 17.2. The Balaban J connectivity index is 1.82. The molecular formula is C19H27N3O2. The average molecular weight is 329 g/mol. The molecule has 0 radical (unpaired) electrons. The summed E-state index contributed by atoms with van der Waals surface area (Å²) in [5.74, 6) is 2.73. The second kappa shape index (κ2) is 9.65. The summed E-state index contributed by atoms with van der Waals surface area (Å²) in [7, 11) is 1.71. The molecule has 0 saturated carbocycles. The molecule has 2 aromatic rings. The number of hydrogen-bond acceptors (Lipinski definition) is 3. The Hall–Kier alpha value is -2.43. The lowest BCUT2D eigenvalue weighted by molar-refractivity contribution is 0.411. The lowest BCUT2D eigenvalue weighted by Gasteiger charge is -2.12. The highest BCUT2D eigenvalue weighted by atomic mass is 16.5. The summed E-state index contributed by atoms with van der Waals surface area (Å²) in [5, 5.41) is 6.63. The number of methoxy groups -OCH3 is 1. The first kappa shape index (κ1) is 17.9. The third-order valence-corrected chi connectivity index (χ3v) is 3.73. The van der Waals surface area contributed by atoms with E-state index in [9.17, 15) is 0 Å². The minimum absolute atomic E-state index is 0.696. The van der Waals surface area contributed by atoms with Gasteiger partial charge in [-0.2, -0.15) is 0 Å². The predicted octanol–water partition coefficient (Wildman–Crippen LogP) is 2.94. The molecule has 0 unspecified atom stereocenters. The lowest BCUT2D eigenvalue weighted by Crippen LogP contribution is -2.38. The first-order valence-electron chi connectivity index (χ1n) is 8.41. The van der Waals surface area contributed by atoms with Crippen LogP contribution in [0.2, 0.25) is 0 Å². The van der Waals surface area contributed by atoms with E-state index in [1.165, 1.54) is 5.56 Å². The van der Waals surface area contributed by atoms with Crippen molar-refractivity contribution in [3.8, 4) is 5.75 Å². The van der Waals surface area contributed by atoms with E-state index < -0.39 is 0 Å². The molecule has 0 spiro atoms. The van der Waals surface area contributed by atoms with Crippen LogP contribution >= 0.6 is 0 Å². The van der Waals surface area contributed by atoms with Crippen molar-refractivity contribution in [1.29, 1.82) is 0 Å². The molecule has 1 heterocycles. The molecule has 2 N–H and O–H groups in total. The van der Waals surface area contributed by atoms with Gasteiger partial charge in [0, 0.05) is 26.1 Å². The molecule has 0 aliphatic heterocycles. The summed E-state index contributed by atoms with van der Waals surface area (Å²) in [6.45, 7) is 6.47. The van der Waals surface area contributed by atoms with Crippen molar-refractivity contribution in [3.05, 3.63) is 53.5 Å². The molecule has 0 bridgehead atoms. The highest BCUT2D eigenvalue weighted by molar-refractivity contribution is 5.79. The quantitative estimate of drug-likeness (QED) is 0.577. The average Bonchev–Trinajstić information content (AvgIpc) is 3.09. The lowest BCUT2D eigenvalue weighted by atomic mass is 10.1. The summed E-state index contributed by atoms with van der Waals surface area (Å²) in [6, 6.07) is 10.2. The van der Waals surface area contributed by atoms with E-state index in [4.69, 9.17) is 9.15 Å². The number of nitrogens with zero attached hydrogens (tertiary/aromatic N) is 1. The monoisotopic (exact) mass is 329 g/mol. The summed E-state index contributed by atoms with van der Waals surface area (Å²) >= 11 is 0. The van der Waals surface area contributed by atoms with Gasteiger partial charge in [0.1, 0.15) is 11.5 Å². The van der Waals surface area contributed by atoms with Crippen LogP contribution in [0.3, 0.4) is 0 Å². The number of aliphatic imine (C=N–C) groups is 1. The van der Waals surface area contributed by atoms with Gasteiger partial charge in [-0.1, -0.05) is 12.1 Å². The highest BCUT2D eigenvalue weighted by Gasteiger charge is 2.02. The minimum Gasteiger partial charge on any atom is -0.496 e. The molecular weight excluding hydrogens is 302 g/mol. The largest absolute Gasteiger partial charge is 0.496 e. The topological polar surface area (TPSA) is 58.8 Å². The SMILES string of the molecule is CCNC(=NCCc1ccco1)NCCc1ccc(C)c(OC)c1. The van der Waals surface area contributed by atoms with Crippen molar-refractivity contribution < 1.29 is 9.15 Å². The van der Waals surface area contributed by atoms with Crippen molar-refractivity contribution in [2.75, 3.05) is 26.7 Å². The molecule has 130 valence electrons. The number of nitrogens with one attached hydrogen (secondary N) is 2. The molecule has 5 nitrogen and oxygen atoms in total. The standard InChI is InChI=1S/C19H27N3O2/c1-4-20-19(22-12-10-17-6-5-13-24-17)21-11-9-16-8-7-15(2)18(14-16)23-3/h5-8,13-14H,4,9-12H2,1-3H3,(H2,20,21,22). The maximum Gasteiger partial charge on any atom is 0.191 e. The molecule has 0 saturated heterocycles. The van der Waals surface area contributed by atoms with Crippen LogP contribution in [-0.2, 0) is 12.8 Å². The molecule has 1 aromatic heterocycles. The smallest absolute Gasteiger partial charge is 0.191 e. The Morgan fingerprint density at radius 2 is 2.08 bits per heavy atom. The highest BCUT2D eigenvalue weighted by Crippen LogP contribution is 2.18. The van der Waals surface area contributed by atoms with Crippen LogP contribution in [0.25, 0.3) is 0 Å². The number of furan rings is 1. The van der Waals surface area contributed by atoms with E-state index in [0.29, 0.717) is 6.54 Å². The van der Waals surface area contributed by atoms with E-state index in [0.717, 1.165) is 49.0 Å². The molecule has 0 aliphatic carbocycles. The summed E-state index contributed by atoms with van der Waals surface area (Å²) in [5.41, 5.74) is 2.40. The van der Waals surface area contributed by atoms with Crippen molar-refractivity contribution >= 4 is 5.96 Å². The number of rotatable bonds is 8. The fourth-order valence-corrected chi connectivity index (χ4v) is 2.42. The van der Waals surface area contributed by atoms with Gasteiger partial charge in [0.2, 0.25) is 0 Å². The van der Waals surface area contributed by atoms with Crippen molar-refractivity contribution in [2.24, 2.45) is 4.99 Å². The van der Waals surface area contributed by atoms with E-state index in [1.807, 2.05) is 12.1 Å². The molecule has 0 fully saturated rings. The van der Waals surface area contributed by atoms with E-state index in [1.54, 1.807) is 13.4 Å². The minimum atomic E-state index is 0.696. The van der Waals surface area contributed by atoms with Crippen LogP contribution in [0.4, 0.5) is 0 Å². The Kier molecular flexibility index (Phi) is 7.21. The van der Waals surface area contributed by atoms with Gasteiger partial charge in [-0.15, -0.1) is 0 Å². The van der Waals surface area contributed by atoms with Crippen LogP contribution in [0, 0.1) is 6.92 Å². The summed E-state index contributed by atoms with van der Waals surface area (Å²) in [4.78, 5) is 4.58. The molecule has 24 heavy (non-hydrogen) atoms. The Morgan fingerprint density at radius 1 is 1.21 bits per heavy atom. The van der Waals surface area contributed by atoms with Gasteiger partial charge in [-0.25, -0.2) is 0 Å². The Labute approximate surface area is 144 Å². The third-order valence-electron chi connectivity index (χ3n) is 3.73. The maximum absolute atomic E-state index is 5.37. The van der Waals surface area contributed by atoms with Crippen molar-refractivity contribution in [3.63, 3.8) is 0 Å². The molecule has 5 heteroatoms. The van der Waals surface area contributed by atoms with Crippen LogP contribution < -0.4 is 15.4 Å². The van der Waals surface area contributed by atoms with Crippen molar-refractivity contribution in [2.45, 2.75) is 26.7 Å². The number of aryl methyl sites for hydroxylation is 1. The van der Waals surface area contributed by atoms with E-state index in [2.05, 4.69) is 47.7 Å².